The summed E-state index contributed by atoms with van der Waals surface area (Å²) in [7, 11) is 0. The maximum atomic E-state index is 12.0. The van der Waals surface area contributed by atoms with Gasteiger partial charge in [-0.2, -0.15) is 0 Å². The van der Waals surface area contributed by atoms with E-state index in [1.165, 1.54) is 12.4 Å². The van der Waals surface area contributed by atoms with Gasteiger partial charge in [0, 0.05) is 11.0 Å². The molecule has 0 spiro atoms. The van der Waals surface area contributed by atoms with E-state index in [0.717, 1.165) is 15.9 Å². The molecule has 3 aromatic rings. The first-order valence-electron chi connectivity index (χ1n) is 8.70. The van der Waals surface area contributed by atoms with Crippen molar-refractivity contribution < 1.29 is 14.6 Å². The van der Waals surface area contributed by atoms with Crippen molar-refractivity contribution in [1.29, 1.82) is 0 Å². The summed E-state index contributed by atoms with van der Waals surface area (Å²) >= 11 is 0. The van der Waals surface area contributed by atoms with Crippen LogP contribution in [0.25, 0.3) is 5.69 Å². The van der Waals surface area contributed by atoms with Crippen molar-refractivity contribution in [2.45, 2.75) is 32.6 Å². The predicted octanol–water partition coefficient (Wildman–Crippen LogP) is 2.69. The molecule has 0 bridgehead atoms. The normalized spacial score (nSPS) is 14.6. The zero-order chi connectivity index (χ0) is 19.2. The minimum atomic E-state index is -0.443. The number of aromatic hydroxyl groups is 1. The molecule has 0 saturated heterocycles. The number of hydrogen-bond acceptors (Lipinski definition) is 6. The van der Waals surface area contributed by atoms with E-state index < -0.39 is 5.69 Å². The second-order valence-corrected chi connectivity index (χ2v) is 7.05. The molecule has 3 heterocycles. The van der Waals surface area contributed by atoms with Crippen LogP contribution in [0.2, 0.25) is 0 Å². The van der Waals surface area contributed by atoms with E-state index in [9.17, 15) is 9.90 Å². The first-order chi connectivity index (χ1) is 12.9. The third-order valence-electron chi connectivity index (χ3n) is 4.62. The number of nitrogens with zero attached hydrogens (tertiary/aromatic N) is 3. The zero-order valence-corrected chi connectivity index (χ0v) is 15.3. The summed E-state index contributed by atoms with van der Waals surface area (Å²) in [5, 5.41) is 10.2. The largest absolute Gasteiger partial charge is 0.493 e. The lowest BCUT2D eigenvalue weighted by Crippen LogP contribution is -2.19. The van der Waals surface area contributed by atoms with Crippen LogP contribution in [0, 0.1) is 0 Å². The highest BCUT2D eigenvalue weighted by Crippen LogP contribution is 2.44. The number of imidazole rings is 1. The molecule has 1 aliphatic rings. The van der Waals surface area contributed by atoms with Crippen molar-refractivity contribution >= 4 is 0 Å². The number of benzene rings is 1. The number of aromatic nitrogens is 4. The topological polar surface area (TPSA) is 102 Å². The number of fused-ring (bicyclic) bond motifs is 1. The number of H-pyrrole nitrogens is 1. The molecular formula is C19H20N4O4. The first kappa shape index (κ1) is 17.1. The fourth-order valence-corrected chi connectivity index (χ4v) is 3.25. The molecule has 0 aliphatic carbocycles. The summed E-state index contributed by atoms with van der Waals surface area (Å²) < 4.78 is 12.7. The standard InChI is InChI=1S/C19H20N4O4/c1-4-12-16(24)23(18(25)22-12)11-8-20-17(21-9-11)27-14-7-5-6-13-15(14)19(2,3)10-26-13/h5-9,24H,4,10H2,1-3H3,(H,22,25). The van der Waals surface area contributed by atoms with E-state index >= 15 is 0 Å². The second-order valence-electron chi connectivity index (χ2n) is 7.05. The van der Waals surface area contributed by atoms with Gasteiger partial charge in [-0.05, 0) is 18.6 Å². The van der Waals surface area contributed by atoms with Crippen molar-refractivity contribution in [2.75, 3.05) is 6.61 Å². The quantitative estimate of drug-likeness (QED) is 0.734. The van der Waals surface area contributed by atoms with Gasteiger partial charge >= 0.3 is 11.7 Å². The van der Waals surface area contributed by atoms with Crippen LogP contribution in [0.5, 0.6) is 23.4 Å². The molecule has 0 fully saturated rings. The Hall–Kier alpha value is -3.29. The molecule has 4 rings (SSSR count). The van der Waals surface area contributed by atoms with Crippen molar-refractivity contribution in [3.8, 4) is 29.1 Å². The van der Waals surface area contributed by atoms with Gasteiger partial charge in [-0.1, -0.05) is 26.8 Å². The third-order valence-corrected chi connectivity index (χ3v) is 4.62. The summed E-state index contributed by atoms with van der Waals surface area (Å²) in [6.07, 6.45) is 3.37. The van der Waals surface area contributed by atoms with Gasteiger partial charge in [-0.3, -0.25) is 0 Å². The van der Waals surface area contributed by atoms with Crippen molar-refractivity contribution in [3.05, 3.63) is 52.3 Å². The molecule has 8 nitrogen and oxygen atoms in total. The molecule has 0 radical (unpaired) electrons. The summed E-state index contributed by atoms with van der Waals surface area (Å²) in [5.41, 5.74) is 1.17. The fraction of sp³-hybridized carbons (Fsp3) is 0.316. The van der Waals surface area contributed by atoms with Crippen molar-refractivity contribution in [3.63, 3.8) is 0 Å². The lowest BCUT2D eigenvalue weighted by molar-refractivity contribution is 0.290. The predicted molar refractivity (Wildman–Crippen MR) is 98.1 cm³/mol. The highest BCUT2D eigenvalue weighted by atomic mass is 16.5. The van der Waals surface area contributed by atoms with E-state index in [1.807, 2.05) is 25.1 Å². The van der Waals surface area contributed by atoms with Gasteiger partial charge in [0.2, 0.25) is 5.88 Å². The Balaban J connectivity index is 1.65. The van der Waals surface area contributed by atoms with Crippen LogP contribution in [0.15, 0.2) is 35.4 Å². The molecule has 27 heavy (non-hydrogen) atoms. The SMILES string of the molecule is CCc1[nH]c(=O)n(-c2cnc(Oc3cccc4c3C(C)(C)CO4)nc2)c1O. The number of ether oxygens (including phenoxy) is 2. The highest BCUT2D eigenvalue weighted by molar-refractivity contribution is 5.52. The number of aryl methyl sites for hydroxylation is 1. The van der Waals surface area contributed by atoms with Crippen molar-refractivity contribution in [1.82, 2.24) is 19.5 Å². The number of rotatable bonds is 4. The molecule has 0 unspecified atom stereocenters. The van der Waals surface area contributed by atoms with Crippen LogP contribution in [0.1, 0.15) is 32.0 Å². The minimum absolute atomic E-state index is 0.139. The van der Waals surface area contributed by atoms with E-state index in [-0.39, 0.29) is 17.3 Å². The van der Waals surface area contributed by atoms with Gasteiger partial charge in [-0.25, -0.2) is 19.3 Å². The third kappa shape index (κ3) is 2.83. The maximum absolute atomic E-state index is 12.0. The van der Waals surface area contributed by atoms with Crippen LogP contribution in [0.4, 0.5) is 0 Å². The van der Waals surface area contributed by atoms with Gasteiger partial charge in [0.05, 0.1) is 30.4 Å². The summed E-state index contributed by atoms with van der Waals surface area (Å²) in [6, 6.07) is 5.76. The van der Waals surface area contributed by atoms with Crippen molar-refractivity contribution in [2.24, 2.45) is 0 Å². The van der Waals surface area contributed by atoms with Gasteiger partial charge in [0.25, 0.3) is 0 Å². The molecule has 1 aliphatic heterocycles. The van der Waals surface area contributed by atoms with Crippen LogP contribution >= 0.6 is 0 Å². The number of nitrogens with one attached hydrogen (secondary N) is 1. The molecule has 0 atom stereocenters. The number of aromatic amines is 1. The average molecular weight is 368 g/mol. The Labute approximate surface area is 155 Å². The van der Waals surface area contributed by atoms with Crippen LogP contribution < -0.4 is 15.2 Å². The molecule has 2 N–H and O–H groups in total. The summed E-state index contributed by atoms with van der Waals surface area (Å²) in [6.45, 7) is 6.59. The lowest BCUT2D eigenvalue weighted by Gasteiger charge is -2.18. The molecule has 8 heteroatoms. The Bertz CT molecular complexity index is 1050. The molecule has 1 aromatic carbocycles. The van der Waals surface area contributed by atoms with E-state index in [1.54, 1.807) is 0 Å². The smallest absolute Gasteiger partial charge is 0.333 e. The molecule has 0 amide bonds. The summed E-state index contributed by atoms with van der Waals surface area (Å²) in [4.78, 5) is 23.0. The Morgan fingerprint density at radius 3 is 2.74 bits per heavy atom. The van der Waals surface area contributed by atoms with Crippen LogP contribution in [0.3, 0.4) is 0 Å². The Kier molecular flexibility index (Phi) is 3.91. The molecular weight excluding hydrogens is 348 g/mol. The fourth-order valence-electron chi connectivity index (χ4n) is 3.25. The van der Waals surface area contributed by atoms with E-state index in [0.29, 0.717) is 30.2 Å². The Morgan fingerprint density at radius 1 is 1.33 bits per heavy atom. The molecule has 140 valence electrons. The lowest BCUT2D eigenvalue weighted by atomic mass is 9.86. The van der Waals surface area contributed by atoms with E-state index in [4.69, 9.17) is 9.47 Å². The van der Waals surface area contributed by atoms with Gasteiger partial charge < -0.3 is 19.6 Å². The monoisotopic (exact) mass is 368 g/mol. The van der Waals surface area contributed by atoms with Crippen LogP contribution in [-0.4, -0.2) is 31.2 Å². The summed E-state index contributed by atoms with van der Waals surface area (Å²) in [5.74, 6) is 1.29. The average Bonchev–Trinajstić information content (AvgIpc) is 3.12. The van der Waals surface area contributed by atoms with Gasteiger partial charge in [0.1, 0.15) is 11.5 Å². The number of hydrogen-bond donors (Lipinski definition) is 2. The zero-order valence-electron chi connectivity index (χ0n) is 15.3. The maximum Gasteiger partial charge on any atom is 0.333 e. The second kappa shape index (κ2) is 6.15. The minimum Gasteiger partial charge on any atom is -0.493 e. The Morgan fingerprint density at radius 2 is 2.07 bits per heavy atom. The highest BCUT2D eigenvalue weighted by Gasteiger charge is 2.35. The van der Waals surface area contributed by atoms with Crippen LogP contribution in [-0.2, 0) is 11.8 Å². The van der Waals surface area contributed by atoms with Gasteiger partial charge in [-0.15, -0.1) is 0 Å². The van der Waals surface area contributed by atoms with E-state index in [2.05, 4.69) is 28.8 Å². The molecule has 2 aromatic heterocycles. The first-order valence-corrected chi connectivity index (χ1v) is 8.70. The molecule has 0 saturated carbocycles. The van der Waals surface area contributed by atoms with Gasteiger partial charge in [0.15, 0.2) is 0 Å².